The Labute approximate surface area is 316 Å². The van der Waals surface area contributed by atoms with Gasteiger partial charge < -0.3 is 19.3 Å². The van der Waals surface area contributed by atoms with Crippen LogP contribution in [0.1, 0.15) is 41.3 Å². The van der Waals surface area contributed by atoms with Gasteiger partial charge in [0, 0.05) is 73.1 Å². The molecule has 0 aliphatic carbocycles. The van der Waals surface area contributed by atoms with E-state index in [2.05, 4.69) is 38.1 Å². The molecule has 2 atom stereocenters. The number of thiazole rings is 1. The van der Waals surface area contributed by atoms with E-state index in [1.165, 1.54) is 10.9 Å². The molecule has 1 N–H and O–H groups in total. The van der Waals surface area contributed by atoms with Gasteiger partial charge in [-0.2, -0.15) is 5.26 Å². The van der Waals surface area contributed by atoms with Crippen LogP contribution in [0.4, 0.5) is 0 Å². The number of amides is 1. The molecule has 1 amide bonds. The minimum atomic E-state index is -1.14. The second-order valence-corrected chi connectivity index (χ2v) is 15.3. The lowest BCUT2D eigenvalue weighted by molar-refractivity contribution is -0.142. The van der Waals surface area contributed by atoms with Gasteiger partial charge in [-0.05, 0) is 61.7 Å². The Bertz CT molecular complexity index is 2370. The maximum Gasteiger partial charge on any atom is 0.262 e. The van der Waals surface area contributed by atoms with E-state index in [1.54, 1.807) is 36.8 Å². The fraction of sp³-hybridized carbons (Fsp3) is 0.317. The summed E-state index contributed by atoms with van der Waals surface area (Å²) in [5.74, 6) is 0.665. The molecule has 54 heavy (non-hydrogen) atoms. The highest BCUT2D eigenvalue weighted by Gasteiger charge is 2.41. The second kappa shape index (κ2) is 15.0. The number of piperidine rings is 2. The number of nitriles is 1. The molecule has 0 saturated carbocycles. The van der Waals surface area contributed by atoms with Crippen molar-refractivity contribution in [3.05, 3.63) is 124 Å². The summed E-state index contributed by atoms with van der Waals surface area (Å²) < 4.78 is 8.70. The Balaban J connectivity index is 0.924. The van der Waals surface area contributed by atoms with Crippen molar-refractivity contribution < 1.29 is 14.6 Å². The molecule has 6 aromatic rings. The third-order valence-electron chi connectivity index (χ3n) is 10.8. The van der Waals surface area contributed by atoms with Crippen molar-refractivity contribution in [1.82, 2.24) is 33.9 Å². The molecule has 0 spiro atoms. The molecule has 4 aromatic heterocycles. The van der Waals surface area contributed by atoms with Gasteiger partial charge in [-0.1, -0.05) is 36.4 Å². The minimum absolute atomic E-state index is 0.0176. The van der Waals surface area contributed by atoms with Crippen LogP contribution in [0.15, 0.2) is 103 Å². The predicted molar refractivity (Wildman–Crippen MR) is 205 cm³/mol. The fourth-order valence-electron chi connectivity index (χ4n) is 7.81. The first kappa shape index (κ1) is 35.4. The van der Waals surface area contributed by atoms with Crippen molar-refractivity contribution in [2.75, 3.05) is 33.3 Å². The second-order valence-electron chi connectivity index (χ2n) is 14.2. The number of nitrogens with zero attached hydrogens (tertiary/aromatic N) is 8. The summed E-state index contributed by atoms with van der Waals surface area (Å²) in [6.45, 7) is 3.19. The summed E-state index contributed by atoms with van der Waals surface area (Å²) in [5.41, 5.74) is 2.41. The number of carbonyl (C=O) groups is 1. The van der Waals surface area contributed by atoms with Crippen LogP contribution >= 0.6 is 11.3 Å². The quantitative estimate of drug-likeness (QED) is 0.211. The summed E-state index contributed by atoms with van der Waals surface area (Å²) in [4.78, 5) is 46.7. The van der Waals surface area contributed by atoms with Gasteiger partial charge in [0.15, 0.2) is 5.65 Å². The number of pyridine rings is 1. The molecule has 0 unspecified atom stereocenters. The summed E-state index contributed by atoms with van der Waals surface area (Å²) in [6, 6.07) is 25.2. The Morgan fingerprint density at radius 2 is 1.85 bits per heavy atom. The van der Waals surface area contributed by atoms with Crippen molar-refractivity contribution in [2.45, 2.75) is 43.9 Å². The number of hydrogen-bond donors (Lipinski definition) is 1. The van der Waals surface area contributed by atoms with Crippen LogP contribution in [-0.2, 0) is 17.9 Å². The number of ether oxygens (including phenoxy) is 1. The zero-order valence-corrected chi connectivity index (χ0v) is 30.7. The zero-order valence-electron chi connectivity index (χ0n) is 29.9. The number of hydrogen-bond acceptors (Lipinski definition) is 10. The molecule has 0 bridgehead atoms. The Morgan fingerprint density at radius 3 is 2.61 bits per heavy atom. The standard InChI is InChI=1S/C41H40N8O4S/c1-53-32-9-5-8-31(20-32)49-17-13-35-37(49)45-27-48(40(35)51)26-41(52)14-18-47(19-15-41)39(50)34-12-16-46(25-36(34)28-6-3-2-4-7-28)24-33-23-44-38(54-33)29-10-11-30(21-42)43-22-29/h2-11,13,17,20,22-23,27,34,36,52H,12,14-16,18-19,24-26H2,1H3/t34-,36+/m1/s1. The van der Waals surface area contributed by atoms with Crippen molar-refractivity contribution in [1.29, 1.82) is 5.26 Å². The van der Waals surface area contributed by atoms with Crippen LogP contribution in [0.5, 0.6) is 5.75 Å². The van der Waals surface area contributed by atoms with Gasteiger partial charge in [-0.15, -0.1) is 11.3 Å². The number of methoxy groups -OCH3 is 1. The van der Waals surface area contributed by atoms with Crippen LogP contribution in [0, 0.1) is 17.2 Å². The van der Waals surface area contributed by atoms with E-state index in [0.29, 0.717) is 48.4 Å². The average molecular weight is 741 g/mol. The smallest absolute Gasteiger partial charge is 0.262 e. The van der Waals surface area contributed by atoms with E-state index in [1.807, 2.05) is 70.4 Å². The topological polar surface area (TPSA) is 142 Å². The molecule has 2 saturated heterocycles. The summed E-state index contributed by atoms with van der Waals surface area (Å²) in [6.07, 6.45) is 8.37. The normalized spacial score (nSPS) is 18.7. The van der Waals surface area contributed by atoms with Crippen LogP contribution < -0.4 is 10.3 Å². The highest BCUT2D eigenvalue weighted by atomic mass is 32.1. The number of fused-ring (bicyclic) bond motifs is 1. The highest BCUT2D eigenvalue weighted by molar-refractivity contribution is 7.15. The molecule has 2 aromatic carbocycles. The number of aromatic nitrogens is 5. The molecule has 274 valence electrons. The fourth-order valence-corrected chi connectivity index (χ4v) is 8.75. The van der Waals surface area contributed by atoms with Gasteiger partial charge in [0.1, 0.15) is 28.8 Å². The molecule has 12 nitrogen and oxygen atoms in total. The molecule has 8 rings (SSSR count). The first-order valence-electron chi connectivity index (χ1n) is 18.1. The van der Waals surface area contributed by atoms with Crippen LogP contribution in [0.25, 0.3) is 27.3 Å². The van der Waals surface area contributed by atoms with Gasteiger partial charge in [-0.25, -0.2) is 15.0 Å². The zero-order chi connectivity index (χ0) is 37.2. The number of aliphatic hydroxyl groups is 1. The number of rotatable bonds is 9. The van der Waals surface area contributed by atoms with E-state index in [0.717, 1.165) is 52.8 Å². The maximum atomic E-state index is 14.3. The first-order chi connectivity index (χ1) is 26.3. The van der Waals surface area contributed by atoms with Gasteiger partial charge in [-0.3, -0.25) is 19.1 Å². The van der Waals surface area contributed by atoms with Crippen LogP contribution in [-0.4, -0.2) is 83.8 Å². The molecular formula is C41H40N8O4S. The average Bonchev–Trinajstić information content (AvgIpc) is 3.87. The highest BCUT2D eigenvalue weighted by Crippen LogP contribution is 2.37. The first-order valence-corrected chi connectivity index (χ1v) is 18.9. The molecule has 2 aliphatic heterocycles. The largest absolute Gasteiger partial charge is 0.497 e. The maximum absolute atomic E-state index is 14.3. The summed E-state index contributed by atoms with van der Waals surface area (Å²) in [5, 5.41) is 22.1. The molecule has 6 heterocycles. The van der Waals surface area contributed by atoms with Crippen molar-refractivity contribution >= 4 is 28.3 Å². The van der Waals surface area contributed by atoms with E-state index < -0.39 is 5.60 Å². The van der Waals surface area contributed by atoms with Gasteiger partial charge in [0.2, 0.25) is 5.91 Å². The van der Waals surface area contributed by atoms with E-state index in [-0.39, 0.29) is 29.8 Å². The molecule has 2 fully saturated rings. The van der Waals surface area contributed by atoms with Crippen molar-refractivity contribution in [3.63, 3.8) is 0 Å². The Hall–Kier alpha value is -5.68. The van der Waals surface area contributed by atoms with Gasteiger partial charge >= 0.3 is 0 Å². The van der Waals surface area contributed by atoms with E-state index >= 15 is 0 Å². The van der Waals surface area contributed by atoms with Crippen LogP contribution in [0.2, 0.25) is 0 Å². The van der Waals surface area contributed by atoms with E-state index in [9.17, 15) is 14.7 Å². The predicted octanol–water partition coefficient (Wildman–Crippen LogP) is 5.25. The third kappa shape index (κ3) is 7.15. The summed E-state index contributed by atoms with van der Waals surface area (Å²) >= 11 is 1.62. The number of carbonyl (C=O) groups excluding carboxylic acids is 1. The van der Waals surface area contributed by atoms with Gasteiger partial charge in [0.25, 0.3) is 5.56 Å². The van der Waals surface area contributed by atoms with Crippen LogP contribution in [0.3, 0.4) is 0 Å². The lowest BCUT2D eigenvalue weighted by atomic mass is 9.79. The number of likely N-dealkylation sites (tertiary alicyclic amines) is 2. The Kier molecular flexibility index (Phi) is 9.81. The molecule has 0 radical (unpaired) electrons. The SMILES string of the molecule is COc1cccc(-n2ccc3c(=O)n(CC4(O)CCN(C(=O)[C@@H]5CCN(Cc6cnc(-c7ccc(C#N)nc7)s6)C[C@H]5c5ccccc5)CC4)cnc32)c1. The lowest BCUT2D eigenvalue weighted by Crippen LogP contribution is -2.53. The molecular weight excluding hydrogens is 701 g/mol. The molecule has 2 aliphatic rings. The summed E-state index contributed by atoms with van der Waals surface area (Å²) in [7, 11) is 1.61. The monoisotopic (exact) mass is 740 g/mol. The third-order valence-corrected chi connectivity index (χ3v) is 11.8. The van der Waals surface area contributed by atoms with E-state index in [4.69, 9.17) is 10.00 Å². The van der Waals surface area contributed by atoms with Gasteiger partial charge in [0.05, 0.1) is 30.3 Å². The lowest BCUT2D eigenvalue weighted by Gasteiger charge is -2.43. The van der Waals surface area contributed by atoms with Crippen molar-refractivity contribution in [3.8, 4) is 28.1 Å². The number of benzene rings is 2. The Morgan fingerprint density at radius 1 is 1.02 bits per heavy atom. The molecule has 13 heteroatoms. The minimum Gasteiger partial charge on any atom is -0.497 e. The van der Waals surface area contributed by atoms with Crippen molar-refractivity contribution in [2.24, 2.45) is 5.92 Å².